The van der Waals surface area contributed by atoms with Crippen molar-refractivity contribution in [3.05, 3.63) is 100 Å². The monoisotopic (exact) mass is 422 g/mol. The van der Waals surface area contributed by atoms with Crippen LogP contribution in [0.15, 0.2) is 78.0 Å². The molecular formula is C30H34Si. The summed E-state index contributed by atoms with van der Waals surface area (Å²) in [5, 5.41) is 1.77. The molecule has 1 heteroatoms. The molecule has 0 saturated carbocycles. The Bertz CT molecular complexity index is 1090. The molecule has 3 aromatic rings. The Kier molecular flexibility index (Phi) is 5.26. The van der Waals surface area contributed by atoms with E-state index in [1.807, 2.05) is 0 Å². The van der Waals surface area contributed by atoms with Crippen LogP contribution in [0, 0.1) is 5.92 Å². The second-order valence-electron chi connectivity index (χ2n) is 9.99. The molecule has 2 aliphatic rings. The molecule has 0 N–H and O–H groups in total. The van der Waals surface area contributed by atoms with Crippen LogP contribution in [0.2, 0.25) is 13.1 Å². The van der Waals surface area contributed by atoms with Gasteiger partial charge in [0.2, 0.25) is 0 Å². The number of allylic oxidation sites excluding steroid dienone is 1. The van der Waals surface area contributed by atoms with Crippen molar-refractivity contribution in [2.24, 2.45) is 5.92 Å². The lowest BCUT2D eigenvalue weighted by atomic mass is 9.83. The van der Waals surface area contributed by atoms with Crippen molar-refractivity contribution < 1.29 is 0 Å². The minimum atomic E-state index is -1.85. The van der Waals surface area contributed by atoms with Crippen LogP contribution in [0.25, 0.3) is 17.2 Å². The van der Waals surface area contributed by atoms with E-state index in [4.69, 9.17) is 0 Å². The zero-order valence-corrected chi connectivity index (χ0v) is 20.4. The molecule has 0 aromatic heterocycles. The first-order chi connectivity index (χ1) is 15.1. The van der Waals surface area contributed by atoms with Crippen LogP contribution in [-0.2, 0) is 0 Å². The first-order valence-electron chi connectivity index (χ1n) is 12.1. The van der Waals surface area contributed by atoms with Gasteiger partial charge in [-0.2, -0.15) is 0 Å². The maximum absolute atomic E-state index is 2.64. The molecule has 0 bridgehead atoms. The highest BCUT2D eigenvalue weighted by Crippen LogP contribution is 2.55. The van der Waals surface area contributed by atoms with Gasteiger partial charge in [0.25, 0.3) is 0 Å². The second-order valence-corrected chi connectivity index (χ2v) is 14.6. The Morgan fingerprint density at radius 1 is 0.742 bits per heavy atom. The second kappa shape index (κ2) is 7.95. The molecule has 3 aromatic carbocycles. The van der Waals surface area contributed by atoms with Gasteiger partial charge in [0.05, 0.1) is 8.07 Å². The van der Waals surface area contributed by atoms with Gasteiger partial charge < -0.3 is 0 Å². The van der Waals surface area contributed by atoms with E-state index in [0.29, 0.717) is 11.5 Å². The highest BCUT2D eigenvalue weighted by Gasteiger charge is 2.47. The molecule has 2 unspecified atom stereocenters. The van der Waals surface area contributed by atoms with Gasteiger partial charge in [-0.05, 0) is 45.7 Å². The largest absolute Gasteiger partial charge is 0.0885 e. The summed E-state index contributed by atoms with van der Waals surface area (Å²) in [7, 11) is -1.85. The average molecular weight is 423 g/mol. The van der Waals surface area contributed by atoms with Crippen molar-refractivity contribution in [3.63, 3.8) is 0 Å². The van der Waals surface area contributed by atoms with Crippen LogP contribution in [0.3, 0.4) is 0 Å². The number of hydrogen-bond donors (Lipinski definition) is 0. The Hall–Kier alpha value is -2.38. The zero-order chi connectivity index (χ0) is 21.6. The topological polar surface area (TPSA) is 0 Å². The first kappa shape index (κ1) is 20.5. The van der Waals surface area contributed by atoms with E-state index in [2.05, 4.69) is 106 Å². The lowest BCUT2D eigenvalue weighted by molar-refractivity contribution is 0.421. The van der Waals surface area contributed by atoms with E-state index in [-0.39, 0.29) is 0 Å². The molecule has 0 amide bonds. The third-order valence-electron chi connectivity index (χ3n) is 7.93. The van der Waals surface area contributed by atoms with Crippen LogP contribution in [-0.4, -0.2) is 8.07 Å². The Morgan fingerprint density at radius 2 is 1.29 bits per heavy atom. The summed E-state index contributed by atoms with van der Waals surface area (Å²) in [5.74, 6) is 1.32. The minimum absolute atomic E-state index is 0.530. The number of benzene rings is 3. The molecule has 5 rings (SSSR count). The Labute approximate surface area is 189 Å². The van der Waals surface area contributed by atoms with Crippen LogP contribution in [0.1, 0.15) is 66.8 Å². The van der Waals surface area contributed by atoms with Crippen molar-refractivity contribution in [1.82, 2.24) is 0 Å². The SMILES string of the molecule is CCCC(CC)C1C([Si](C)(C)C2c3ccccc3-c3ccccc32)=Cc2ccccc21. The van der Waals surface area contributed by atoms with E-state index >= 15 is 0 Å². The van der Waals surface area contributed by atoms with Crippen molar-refractivity contribution in [3.8, 4) is 11.1 Å². The first-order valence-corrected chi connectivity index (χ1v) is 15.1. The predicted octanol–water partition coefficient (Wildman–Crippen LogP) is 8.59. The van der Waals surface area contributed by atoms with Crippen LogP contribution in [0.5, 0.6) is 0 Å². The minimum Gasteiger partial charge on any atom is -0.0717 e. The molecular weight excluding hydrogens is 388 g/mol. The Morgan fingerprint density at radius 3 is 1.87 bits per heavy atom. The van der Waals surface area contributed by atoms with Gasteiger partial charge in [-0.25, -0.2) is 0 Å². The molecule has 31 heavy (non-hydrogen) atoms. The third-order valence-corrected chi connectivity index (χ3v) is 11.9. The van der Waals surface area contributed by atoms with Crippen molar-refractivity contribution in [1.29, 1.82) is 0 Å². The van der Waals surface area contributed by atoms with E-state index in [0.717, 1.165) is 5.92 Å². The summed E-state index contributed by atoms with van der Waals surface area (Å²) in [4.78, 5) is 0. The van der Waals surface area contributed by atoms with Crippen LogP contribution >= 0.6 is 0 Å². The quantitative estimate of drug-likeness (QED) is 0.349. The number of fused-ring (bicyclic) bond motifs is 4. The summed E-state index contributed by atoms with van der Waals surface area (Å²) in [6.07, 6.45) is 6.44. The molecule has 2 atom stereocenters. The Balaban J connectivity index is 1.67. The van der Waals surface area contributed by atoms with Crippen LogP contribution < -0.4 is 0 Å². The molecule has 158 valence electrons. The number of hydrogen-bond acceptors (Lipinski definition) is 0. The molecule has 0 heterocycles. The normalized spacial score (nSPS) is 18.3. The predicted molar refractivity (Wildman–Crippen MR) is 137 cm³/mol. The summed E-state index contributed by atoms with van der Waals surface area (Å²) in [5.41, 5.74) is 9.60. The maximum atomic E-state index is 2.64. The standard InChI is InChI=1S/C30H34Si/c1-5-13-21(6-2)29-23-15-8-7-14-22(23)20-28(29)31(3,4)30-26-18-11-9-16-24(26)25-17-10-12-19-27(25)30/h7-12,14-21,29-30H,5-6,13H2,1-4H3. The molecule has 0 aliphatic heterocycles. The summed E-state index contributed by atoms with van der Waals surface area (Å²) in [6.45, 7) is 10.0. The molecule has 0 spiro atoms. The van der Waals surface area contributed by atoms with Crippen molar-refractivity contribution in [2.45, 2.75) is 57.7 Å². The lowest BCUT2D eigenvalue weighted by Crippen LogP contribution is -2.40. The van der Waals surface area contributed by atoms with Gasteiger partial charge in [-0.1, -0.05) is 124 Å². The van der Waals surface area contributed by atoms with Gasteiger partial charge in [0, 0.05) is 11.5 Å². The van der Waals surface area contributed by atoms with Gasteiger partial charge in [-0.3, -0.25) is 0 Å². The highest BCUT2D eigenvalue weighted by molar-refractivity contribution is 6.87. The van der Waals surface area contributed by atoms with Gasteiger partial charge in [0.1, 0.15) is 0 Å². The fourth-order valence-electron chi connectivity index (χ4n) is 6.52. The van der Waals surface area contributed by atoms with E-state index in [1.165, 1.54) is 36.0 Å². The molecule has 0 radical (unpaired) electrons. The highest BCUT2D eigenvalue weighted by atomic mass is 28.3. The lowest BCUT2D eigenvalue weighted by Gasteiger charge is -2.39. The molecule has 0 saturated heterocycles. The third kappa shape index (κ3) is 3.17. The van der Waals surface area contributed by atoms with E-state index in [9.17, 15) is 0 Å². The van der Waals surface area contributed by atoms with Crippen LogP contribution in [0.4, 0.5) is 0 Å². The van der Waals surface area contributed by atoms with E-state index in [1.54, 1.807) is 21.9 Å². The molecule has 0 fully saturated rings. The number of rotatable bonds is 6. The van der Waals surface area contributed by atoms with Gasteiger partial charge in [-0.15, -0.1) is 0 Å². The maximum Gasteiger partial charge on any atom is 0.0885 e. The van der Waals surface area contributed by atoms with Crippen molar-refractivity contribution >= 4 is 14.1 Å². The zero-order valence-electron chi connectivity index (χ0n) is 19.4. The molecule has 0 nitrogen and oxygen atoms in total. The average Bonchev–Trinajstić information content (AvgIpc) is 3.35. The van der Waals surface area contributed by atoms with Gasteiger partial charge >= 0.3 is 0 Å². The smallest absolute Gasteiger partial charge is 0.0717 e. The summed E-state index contributed by atoms with van der Waals surface area (Å²) >= 11 is 0. The fourth-order valence-corrected chi connectivity index (χ4v) is 10.6. The fraction of sp³-hybridized carbons (Fsp3) is 0.333. The van der Waals surface area contributed by atoms with Crippen molar-refractivity contribution in [2.75, 3.05) is 0 Å². The van der Waals surface area contributed by atoms with E-state index < -0.39 is 8.07 Å². The summed E-state index contributed by atoms with van der Waals surface area (Å²) in [6, 6.07) is 27.6. The summed E-state index contributed by atoms with van der Waals surface area (Å²) < 4.78 is 0. The van der Waals surface area contributed by atoms with Gasteiger partial charge in [0.15, 0.2) is 0 Å². The molecule has 2 aliphatic carbocycles.